The number of carbonyl (C=O) groups excluding carboxylic acids is 1. The zero-order valence-corrected chi connectivity index (χ0v) is 12.5. The van der Waals surface area contributed by atoms with Crippen LogP contribution in [0.5, 0.6) is 5.75 Å². The van der Waals surface area contributed by atoms with E-state index in [1.54, 1.807) is 0 Å². The number of Topliss-reactive ketones (excluding diaryl/α,β-unsaturated/α-hetero) is 1. The van der Waals surface area contributed by atoms with Crippen LogP contribution in [0.3, 0.4) is 0 Å². The van der Waals surface area contributed by atoms with Crippen molar-refractivity contribution in [2.75, 3.05) is 7.11 Å². The first kappa shape index (κ1) is 14.5. The molecule has 3 rings (SSSR count). The number of carbonyl (C=O) groups is 1. The average molecular weight is 312 g/mol. The maximum atomic E-state index is 13.4. The molecule has 0 aromatic heterocycles. The van der Waals surface area contributed by atoms with Crippen LogP contribution in [0.1, 0.15) is 36.0 Å². The van der Waals surface area contributed by atoms with Crippen molar-refractivity contribution < 1.29 is 22.3 Å². The minimum absolute atomic E-state index is 0.209. The molecule has 1 aromatic rings. The van der Waals surface area contributed by atoms with Crippen LogP contribution in [0.4, 0.5) is 4.39 Å². The van der Waals surface area contributed by atoms with Gasteiger partial charge >= 0.3 is 0 Å². The van der Waals surface area contributed by atoms with E-state index >= 15 is 0 Å². The van der Waals surface area contributed by atoms with Gasteiger partial charge in [-0.05, 0) is 43.9 Å². The molecule has 2 unspecified atom stereocenters. The molecule has 2 atom stereocenters. The number of halogens is 1. The van der Waals surface area contributed by atoms with Crippen molar-refractivity contribution in [1.29, 1.82) is 0 Å². The van der Waals surface area contributed by atoms with Gasteiger partial charge in [-0.15, -0.1) is 0 Å². The molecule has 4 nitrogen and oxygen atoms in total. The SMILES string of the molecule is COc1ccc(F)cc1C(=O)C1CC2CCC(C1)S2(=O)=O. The lowest BCUT2D eigenvalue weighted by Gasteiger charge is -2.27. The Kier molecular flexibility index (Phi) is 3.51. The minimum atomic E-state index is -3.06. The van der Waals surface area contributed by atoms with Gasteiger partial charge in [0, 0.05) is 5.92 Å². The van der Waals surface area contributed by atoms with E-state index in [9.17, 15) is 17.6 Å². The van der Waals surface area contributed by atoms with Gasteiger partial charge < -0.3 is 4.74 Å². The molecule has 1 aromatic carbocycles. The lowest BCUT2D eigenvalue weighted by molar-refractivity contribution is 0.0902. The number of rotatable bonds is 3. The Morgan fingerprint density at radius 1 is 1.24 bits per heavy atom. The summed E-state index contributed by atoms with van der Waals surface area (Å²) in [7, 11) is -1.63. The predicted octanol–water partition coefficient (Wildman–Crippen LogP) is 2.37. The summed E-state index contributed by atoms with van der Waals surface area (Å²) in [6, 6.07) is 3.84. The van der Waals surface area contributed by atoms with Crippen LogP contribution in [-0.2, 0) is 9.84 Å². The van der Waals surface area contributed by atoms with Gasteiger partial charge in [-0.3, -0.25) is 4.79 Å². The highest BCUT2D eigenvalue weighted by molar-refractivity contribution is 7.93. The molecule has 0 saturated carbocycles. The number of benzene rings is 1. The van der Waals surface area contributed by atoms with E-state index in [0.29, 0.717) is 31.4 Å². The van der Waals surface area contributed by atoms with E-state index in [-0.39, 0.29) is 17.3 Å². The summed E-state index contributed by atoms with van der Waals surface area (Å²) in [4.78, 5) is 12.6. The van der Waals surface area contributed by atoms with Crippen molar-refractivity contribution >= 4 is 15.6 Å². The van der Waals surface area contributed by atoms with Gasteiger partial charge in [-0.2, -0.15) is 0 Å². The topological polar surface area (TPSA) is 60.4 Å². The molecule has 2 fully saturated rings. The predicted molar refractivity (Wildman–Crippen MR) is 75.7 cm³/mol. The summed E-state index contributed by atoms with van der Waals surface area (Å²) in [6.45, 7) is 0. The second kappa shape index (κ2) is 5.09. The molecule has 6 heteroatoms. The van der Waals surface area contributed by atoms with Crippen LogP contribution in [0.25, 0.3) is 0 Å². The van der Waals surface area contributed by atoms with Gasteiger partial charge in [0.05, 0.1) is 23.2 Å². The fraction of sp³-hybridized carbons (Fsp3) is 0.533. The Hall–Kier alpha value is -1.43. The molecule has 21 heavy (non-hydrogen) atoms. The molecular formula is C15H17FO4S. The van der Waals surface area contributed by atoms with E-state index in [1.807, 2.05) is 0 Å². The fourth-order valence-electron chi connectivity index (χ4n) is 3.51. The van der Waals surface area contributed by atoms with Gasteiger partial charge in [-0.1, -0.05) is 0 Å². The number of methoxy groups -OCH3 is 1. The van der Waals surface area contributed by atoms with E-state index < -0.39 is 26.2 Å². The van der Waals surface area contributed by atoms with Crippen molar-refractivity contribution in [3.05, 3.63) is 29.6 Å². The second-order valence-corrected chi connectivity index (χ2v) is 8.30. The first-order valence-electron chi connectivity index (χ1n) is 7.04. The molecule has 0 spiro atoms. The van der Waals surface area contributed by atoms with E-state index in [1.165, 1.54) is 25.3 Å². The van der Waals surface area contributed by atoms with Crippen molar-refractivity contribution in [3.63, 3.8) is 0 Å². The quantitative estimate of drug-likeness (QED) is 0.804. The maximum absolute atomic E-state index is 13.4. The molecule has 2 aliphatic rings. The standard InChI is InChI=1S/C15H17FO4S/c1-20-14-5-2-10(16)8-13(14)15(17)9-6-11-3-4-12(7-9)21(11,18)19/h2,5,8-9,11-12H,3-4,6-7H2,1H3. The monoisotopic (exact) mass is 312 g/mol. The van der Waals surface area contributed by atoms with Crippen LogP contribution < -0.4 is 4.74 Å². The number of ether oxygens (including phenoxy) is 1. The normalized spacial score (nSPS) is 30.1. The highest BCUT2D eigenvalue weighted by atomic mass is 32.2. The summed E-state index contributed by atoms with van der Waals surface area (Å²) in [5.74, 6) is -0.729. The zero-order chi connectivity index (χ0) is 15.2. The van der Waals surface area contributed by atoms with Crippen molar-refractivity contribution in [3.8, 4) is 5.75 Å². The lowest BCUT2D eigenvalue weighted by Crippen LogP contribution is -2.36. The smallest absolute Gasteiger partial charge is 0.169 e. The summed E-state index contributed by atoms with van der Waals surface area (Å²) >= 11 is 0. The summed E-state index contributed by atoms with van der Waals surface area (Å²) in [5.41, 5.74) is 0.209. The Bertz CT molecular complexity index is 663. The van der Waals surface area contributed by atoms with Crippen molar-refractivity contribution in [1.82, 2.24) is 0 Å². The second-order valence-electron chi connectivity index (χ2n) is 5.79. The molecular weight excluding hydrogens is 295 g/mol. The first-order valence-corrected chi connectivity index (χ1v) is 8.65. The highest BCUT2D eigenvalue weighted by Crippen LogP contribution is 2.42. The molecule has 2 bridgehead atoms. The molecule has 0 amide bonds. The third-order valence-corrected chi connectivity index (χ3v) is 7.35. The number of sulfone groups is 1. The molecule has 0 radical (unpaired) electrons. The molecule has 2 saturated heterocycles. The van der Waals surface area contributed by atoms with Gasteiger partial charge in [-0.25, -0.2) is 12.8 Å². The van der Waals surface area contributed by atoms with Crippen LogP contribution in [0, 0.1) is 11.7 Å². The van der Waals surface area contributed by atoms with Crippen molar-refractivity contribution in [2.45, 2.75) is 36.2 Å². The number of fused-ring (bicyclic) bond motifs is 2. The number of hydrogen-bond donors (Lipinski definition) is 0. The minimum Gasteiger partial charge on any atom is -0.496 e. The molecule has 0 aliphatic carbocycles. The van der Waals surface area contributed by atoms with Gasteiger partial charge in [0.15, 0.2) is 15.6 Å². The largest absolute Gasteiger partial charge is 0.496 e. The molecule has 0 N–H and O–H groups in total. The Morgan fingerprint density at radius 2 is 1.86 bits per heavy atom. The maximum Gasteiger partial charge on any atom is 0.169 e. The lowest BCUT2D eigenvalue weighted by atomic mass is 9.90. The fourth-order valence-corrected chi connectivity index (χ4v) is 5.99. The van der Waals surface area contributed by atoms with Crippen molar-refractivity contribution in [2.24, 2.45) is 5.92 Å². The average Bonchev–Trinajstić information content (AvgIpc) is 2.66. The van der Waals surface area contributed by atoms with Gasteiger partial charge in [0.25, 0.3) is 0 Å². The van der Waals surface area contributed by atoms with Crippen LogP contribution in [-0.4, -0.2) is 31.8 Å². The number of hydrogen-bond acceptors (Lipinski definition) is 4. The van der Waals surface area contributed by atoms with Crippen LogP contribution in [0.2, 0.25) is 0 Å². The van der Waals surface area contributed by atoms with E-state index in [0.717, 1.165) is 0 Å². The van der Waals surface area contributed by atoms with E-state index in [2.05, 4.69) is 0 Å². The molecule has 2 heterocycles. The van der Waals surface area contributed by atoms with E-state index in [4.69, 9.17) is 4.74 Å². The van der Waals surface area contributed by atoms with Crippen LogP contribution in [0.15, 0.2) is 18.2 Å². The highest BCUT2D eigenvalue weighted by Gasteiger charge is 2.48. The first-order chi connectivity index (χ1) is 9.93. The molecule has 114 valence electrons. The third kappa shape index (κ3) is 2.35. The zero-order valence-electron chi connectivity index (χ0n) is 11.7. The number of ketones is 1. The summed E-state index contributed by atoms with van der Waals surface area (Å²) in [5, 5.41) is -0.825. The Balaban J connectivity index is 1.89. The Labute approximate surface area is 123 Å². The summed E-state index contributed by atoms with van der Waals surface area (Å²) < 4.78 is 42.6. The molecule has 2 aliphatic heterocycles. The van der Waals surface area contributed by atoms with Gasteiger partial charge in [0.1, 0.15) is 11.6 Å². The summed E-state index contributed by atoms with van der Waals surface area (Å²) in [6.07, 6.45) is 1.96. The Morgan fingerprint density at radius 3 is 2.43 bits per heavy atom. The van der Waals surface area contributed by atoms with Crippen LogP contribution >= 0.6 is 0 Å². The van der Waals surface area contributed by atoms with Gasteiger partial charge in [0.2, 0.25) is 0 Å². The third-order valence-electron chi connectivity index (χ3n) is 4.63.